The molecule has 1 saturated heterocycles. The van der Waals surface area contributed by atoms with Gasteiger partial charge >= 0.3 is 0 Å². The minimum absolute atomic E-state index is 0.0229. The summed E-state index contributed by atoms with van der Waals surface area (Å²) in [5.74, 6) is 1.50. The summed E-state index contributed by atoms with van der Waals surface area (Å²) in [6.45, 7) is 3.01. The van der Waals surface area contributed by atoms with E-state index in [0.29, 0.717) is 6.73 Å². The molecule has 1 aromatic rings. The van der Waals surface area contributed by atoms with Gasteiger partial charge in [0.2, 0.25) is 6.79 Å². The number of methoxy groups -OCH3 is 1. The van der Waals surface area contributed by atoms with E-state index in [4.69, 9.17) is 23.7 Å². The molecule has 27 heavy (non-hydrogen) atoms. The molecule has 2 bridgehead atoms. The Hall–Kier alpha value is -1.93. The Labute approximate surface area is 157 Å². The van der Waals surface area contributed by atoms with Crippen molar-refractivity contribution >= 4 is 5.78 Å². The summed E-state index contributed by atoms with van der Waals surface area (Å²) in [6, 6.07) is 4.27. The van der Waals surface area contributed by atoms with Crippen molar-refractivity contribution < 1.29 is 28.5 Å². The number of benzene rings is 1. The molecule has 7 nitrogen and oxygen atoms in total. The van der Waals surface area contributed by atoms with Gasteiger partial charge in [-0.05, 0) is 36.6 Å². The van der Waals surface area contributed by atoms with Crippen molar-refractivity contribution in [1.29, 1.82) is 0 Å². The van der Waals surface area contributed by atoms with Crippen LogP contribution in [-0.4, -0.2) is 56.4 Å². The van der Waals surface area contributed by atoms with Crippen LogP contribution >= 0.6 is 0 Å². The van der Waals surface area contributed by atoms with E-state index >= 15 is 0 Å². The Morgan fingerprint density at radius 3 is 2.93 bits per heavy atom. The van der Waals surface area contributed by atoms with Crippen molar-refractivity contribution in [3.63, 3.8) is 0 Å². The normalized spacial score (nSPS) is 35.5. The summed E-state index contributed by atoms with van der Waals surface area (Å²) in [6.07, 6.45) is 4.56. The monoisotopic (exact) mass is 373 g/mol. The van der Waals surface area contributed by atoms with E-state index in [0.717, 1.165) is 30.0 Å². The minimum atomic E-state index is -0.545. The fourth-order valence-corrected chi connectivity index (χ4v) is 4.79. The van der Waals surface area contributed by atoms with Crippen LogP contribution in [0.4, 0.5) is 0 Å². The van der Waals surface area contributed by atoms with Crippen molar-refractivity contribution in [1.82, 2.24) is 4.90 Å². The van der Waals surface area contributed by atoms with Crippen molar-refractivity contribution in [2.24, 2.45) is 0 Å². The number of ether oxygens (including phenoxy) is 5. The quantitative estimate of drug-likeness (QED) is 0.745. The molecule has 1 fully saturated rings. The predicted octanol–water partition coefficient (Wildman–Crippen LogP) is 1.73. The number of nitrogens with zero attached hydrogens (tertiary/aromatic N) is 1. The summed E-state index contributed by atoms with van der Waals surface area (Å²) >= 11 is 0. The minimum Gasteiger partial charge on any atom is -0.454 e. The molecule has 4 aliphatic rings. The van der Waals surface area contributed by atoms with Gasteiger partial charge in [-0.25, -0.2) is 0 Å². The highest BCUT2D eigenvalue weighted by Crippen LogP contribution is 2.52. The van der Waals surface area contributed by atoms with Crippen LogP contribution < -0.4 is 9.47 Å². The van der Waals surface area contributed by atoms with Gasteiger partial charge in [-0.1, -0.05) is 12.2 Å². The lowest BCUT2D eigenvalue weighted by molar-refractivity contribution is -0.255. The topological polar surface area (TPSA) is 66.5 Å². The van der Waals surface area contributed by atoms with Gasteiger partial charge in [0, 0.05) is 19.7 Å². The van der Waals surface area contributed by atoms with Crippen molar-refractivity contribution in [2.45, 2.75) is 43.7 Å². The third-order valence-electron chi connectivity index (χ3n) is 6.00. The van der Waals surface area contributed by atoms with Crippen LogP contribution in [-0.2, 0) is 31.0 Å². The van der Waals surface area contributed by atoms with Gasteiger partial charge in [0.1, 0.15) is 13.3 Å². The molecule has 0 N–H and O–H groups in total. The Balaban J connectivity index is 1.66. The van der Waals surface area contributed by atoms with Gasteiger partial charge in [0.05, 0.1) is 11.5 Å². The van der Waals surface area contributed by atoms with Crippen LogP contribution in [0.15, 0.2) is 24.3 Å². The average molecular weight is 373 g/mol. The van der Waals surface area contributed by atoms with E-state index in [1.807, 2.05) is 0 Å². The zero-order valence-electron chi connectivity index (χ0n) is 15.5. The number of rotatable bonds is 4. The van der Waals surface area contributed by atoms with Crippen molar-refractivity contribution in [2.75, 3.05) is 27.2 Å². The maximum Gasteiger partial charge on any atom is 0.231 e. The molecular weight excluding hydrogens is 350 g/mol. The van der Waals surface area contributed by atoms with Crippen molar-refractivity contribution in [3.05, 3.63) is 35.4 Å². The molecule has 0 amide bonds. The number of ketones is 1. The molecule has 5 unspecified atom stereocenters. The molecule has 5 atom stereocenters. The Kier molecular flexibility index (Phi) is 4.01. The molecule has 1 aromatic carbocycles. The van der Waals surface area contributed by atoms with Crippen LogP contribution in [0.25, 0.3) is 0 Å². The van der Waals surface area contributed by atoms with E-state index in [1.165, 1.54) is 12.5 Å². The second-order valence-electron chi connectivity index (χ2n) is 7.57. The highest BCUT2D eigenvalue weighted by atomic mass is 16.7. The first-order valence-corrected chi connectivity index (χ1v) is 9.23. The maximum atomic E-state index is 11.5. The summed E-state index contributed by atoms with van der Waals surface area (Å²) in [5, 5.41) is 0. The second kappa shape index (κ2) is 6.31. The molecule has 0 radical (unpaired) electrons. The number of carbonyl (C=O) groups excluding carboxylic acids is 1. The lowest BCUT2D eigenvalue weighted by Gasteiger charge is -2.58. The molecule has 144 valence electrons. The first kappa shape index (κ1) is 17.2. The standard InChI is InChI=1S/C20H23NO6/c1-12(22)9-24-19-20-4-3-14(23-2)6-18(20)21(10-25-19)8-13-5-16-17(7-15(13)20)27-11-26-16/h3-5,7,14,18-19H,6,8-11H2,1-2H3. The van der Waals surface area contributed by atoms with Crippen molar-refractivity contribution in [3.8, 4) is 11.5 Å². The van der Waals surface area contributed by atoms with Gasteiger partial charge in [0.15, 0.2) is 23.6 Å². The van der Waals surface area contributed by atoms with Gasteiger partial charge in [0.25, 0.3) is 0 Å². The second-order valence-corrected chi connectivity index (χ2v) is 7.57. The first-order valence-electron chi connectivity index (χ1n) is 9.23. The summed E-state index contributed by atoms with van der Waals surface area (Å²) in [5.41, 5.74) is 1.78. The zero-order chi connectivity index (χ0) is 18.6. The Morgan fingerprint density at radius 2 is 2.15 bits per heavy atom. The molecule has 0 aromatic heterocycles. The predicted molar refractivity (Wildman–Crippen MR) is 94.5 cm³/mol. The smallest absolute Gasteiger partial charge is 0.231 e. The van der Waals surface area contributed by atoms with Gasteiger partial charge in [-0.3, -0.25) is 9.69 Å². The van der Waals surface area contributed by atoms with Crippen LogP contribution in [0.5, 0.6) is 11.5 Å². The highest BCUT2D eigenvalue weighted by molar-refractivity contribution is 5.76. The third-order valence-corrected chi connectivity index (χ3v) is 6.00. The molecule has 3 heterocycles. The van der Waals surface area contributed by atoms with Gasteiger partial charge in [-0.15, -0.1) is 0 Å². The zero-order valence-corrected chi connectivity index (χ0v) is 15.5. The van der Waals surface area contributed by atoms with Crippen LogP contribution in [0, 0.1) is 0 Å². The highest BCUT2D eigenvalue weighted by Gasteiger charge is 2.58. The maximum absolute atomic E-state index is 11.5. The Bertz CT molecular complexity index is 808. The van der Waals surface area contributed by atoms with E-state index < -0.39 is 11.7 Å². The number of Topliss-reactive ketones (excluding diaryl/α,β-unsaturated/α-hetero) is 1. The number of carbonyl (C=O) groups is 1. The van der Waals surface area contributed by atoms with Gasteiger partial charge in [-0.2, -0.15) is 0 Å². The number of hydrogen-bond acceptors (Lipinski definition) is 7. The SMILES string of the molecule is COC1C=CC23c4cc5c(cc4CN(COC2OCC(C)=O)C3C1)OCO5. The Morgan fingerprint density at radius 1 is 1.33 bits per heavy atom. The van der Waals surface area contributed by atoms with E-state index in [1.54, 1.807) is 7.11 Å². The lowest BCUT2D eigenvalue weighted by Crippen LogP contribution is -2.66. The first-order chi connectivity index (χ1) is 13.1. The molecule has 3 aliphatic heterocycles. The average Bonchev–Trinajstić information content (AvgIpc) is 3.12. The molecule has 5 rings (SSSR count). The summed E-state index contributed by atoms with van der Waals surface area (Å²) < 4.78 is 28.9. The van der Waals surface area contributed by atoms with Crippen LogP contribution in [0.3, 0.4) is 0 Å². The molecular formula is C20H23NO6. The largest absolute Gasteiger partial charge is 0.454 e. The van der Waals surface area contributed by atoms with E-state index in [9.17, 15) is 4.79 Å². The summed E-state index contributed by atoms with van der Waals surface area (Å²) in [7, 11) is 1.73. The molecule has 7 heteroatoms. The fourth-order valence-electron chi connectivity index (χ4n) is 4.79. The third kappa shape index (κ3) is 2.53. The van der Waals surface area contributed by atoms with E-state index in [-0.39, 0.29) is 31.3 Å². The van der Waals surface area contributed by atoms with Gasteiger partial charge < -0.3 is 23.7 Å². The van der Waals surface area contributed by atoms with E-state index in [2.05, 4.69) is 29.2 Å². The molecule has 0 spiro atoms. The number of fused-ring (bicyclic) bond motifs is 2. The fraction of sp³-hybridized carbons (Fsp3) is 0.550. The van der Waals surface area contributed by atoms with Crippen LogP contribution in [0.2, 0.25) is 0 Å². The molecule has 0 saturated carbocycles. The molecule has 1 aliphatic carbocycles. The summed E-state index contributed by atoms with van der Waals surface area (Å²) in [4.78, 5) is 13.9. The number of hydrogen-bond donors (Lipinski definition) is 0. The lowest BCUT2D eigenvalue weighted by atomic mass is 9.64. The van der Waals surface area contributed by atoms with Crippen LogP contribution in [0.1, 0.15) is 24.5 Å².